The van der Waals surface area contributed by atoms with E-state index >= 15 is 0 Å². The van der Waals surface area contributed by atoms with Crippen LogP contribution in [0.25, 0.3) is 22.3 Å². The number of carbonyl (C=O) groups excluding carboxylic acids is 1. The lowest BCUT2D eigenvalue weighted by molar-refractivity contribution is -0.135. The van der Waals surface area contributed by atoms with Gasteiger partial charge in [0.15, 0.2) is 5.82 Å². The van der Waals surface area contributed by atoms with Crippen LogP contribution in [0.5, 0.6) is 0 Å². The number of rotatable bonds is 3. The first-order valence-corrected chi connectivity index (χ1v) is 8.03. The zero-order chi connectivity index (χ0) is 16.4. The second kappa shape index (κ2) is 6.41. The topological polar surface area (TPSA) is 60.2 Å². The fraction of sp³-hybridized carbons (Fsp3) is 0.278. The average molecular weight is 322 g/mol. The fourth-order valence-corrected chi connectivity index (χ4v) is 2.98. The van der Waals surface area contributed by atoms with Gasteiger partial charge in [-0.25, -0.2) is 9.97 Å². The van der Waals surface area contributed by atoms with E-state index in [1.54, 1.807) is 18.5 Å². The number of hydrogen-bond acceptors (Lipinski definition) is 4. The molecule has 0 atom stereocenters. The van der Waals surface area contributed by atoms with Crippen molar-refractivity contribution in [2.24, 2.45) is 0 Å². The van der Waals surface area contributed by atoms with Crippen molar-refractivity contribution < 1.29 is 9.53 Å². The zero-order valence-electron chi connectivity index (χ0n) is 13.3. The minimum Gasteiger partial charge on any atom is -0.378 e. The number of morpholine rings is 1. The number of benzene rings is 1. The molecule has 0 saturated carbocycles. The number of carbonyl (C=O) groups is 1. The summed E-state index contributed by atoms with van der Waals surface area (Å²) in [6.07, 6.45) is 5.43. The zero-order valence-corrected chi connectivity index (χ0v) is 13.3. The lowest BCUT2D eigenvalue weighted by Crippen LogP contribution is -2.42. The standard InChI is InChI=1S/C18H18N4O2/c23-17(21-8-10-24-11-9-21)13-22-7-4-14-12-15(2-3-16(14)22)18-19-5-1-6-20-18/h1-7,12H,8-11,13H2. The minimum absolute atomic E-state index is 0.131. The minimum atomic E-state index is 0.131. The Hall–Kier alpha value is -2.73. The van der Waals surface area contributed by atoms with Crippen molar-refractivity contribution in [3.63, 3.8) is 0 Å². The van der Waals surface area contributed by atoms with Crippen LogP contribution >= 0.6 is 0 Å². The molecule has 1 aromatic carbocycles. The molecule has 122 valence electrons. The smallest absolute Gasteiger partial charge is 0.242 e. The molecule has 3 heterocycles. The summed E-state index contributed by atoms with van der Waals surface area (Å²) in [5.41, 5.74) is 2.01. The van der Waals surface area contributed by atoms with Crippen molar-refractivity contribution in [2.45, 2.75) is 6.54 Å². The lowest BCUT2D eigenvalue weighted by atomic mass is 10.1. The van der Waals surface area contributed by atoms with Gasteiger partial charge in [-0.05, 0) is 30.3 Å². The molecule has 0 aliphatic carbocycles. The molecule has 2 aromatic heterocycles. The number of ether oxygens (including phenoxy) is 1. The highest BCUT2D eigenvalue weighted by molar-refractivity contribution is 5.86. The van der Waals surface area contributed by atoms with Crippen molar-refractivity contribution in [3.05, 3.63) is 48.9 Å². The van der Waals surface area contributed by atoms with Crippen LogP contribution in [-0.2, 0) is 16.1 Å². The summed E-state index contributed by atoms with van der Waals surface area (Å²) in [5, 5.41) is 1.08. The quantitative estimate of drug-likeness (QED) is 0.739. The van der Waals surface area contributed by atoms with Crippen molar-refractivity contribution in [1.29, 1.82) is 0 Å². The van der Waals surface area contributed by atoms with Crippen LogP contribution in [0.4, 0.5) is 0 Å². The first kappa shape index (κ1) is 14.8. The maximum Gasteiger partial charge on any atom is 0.242 e. The van der Waals surface area contributed by atoms with Crippen molar-refractivity contribution in [2.75, 3.05) is 26.3 Å². The number of aromatic nitrogens is 3. The molecule has 1 amide bonds. The van der Waals surface area contributed by atoms with Crippen molar-refractivity contribution >= 4 is 16.8 Å². The fourth-order valence-electron chi connectivity index (χ4n) is 2.98. The third-order valence-corrected chi connectivity index (χ3v) is 4.26. The SMILES string of the molecule is O=C(Cn1ccc2cc(-c3ncccn3)ccc21)N1CCOCC1. The van der Waals surface area contributed by atoms with E-state index in [1.807, 2.05) is 33.9 Å². The van der Waals surface area contributed by atoms with Gasteiger partial charge in [0.2, 0.25) is 5.91 Å². The third-order valence-electron chi connectivity index (χ3n) is 4.26. The van der Waals surface area contributed by atoms with Gasteiger partial charge in [0, 0.05) is 48.1 Å². The van der Waals surface area contributed by atoms with E-state index in [0.717, 1.165) is 16.5 Å². The molecule has 0 spiro atoms. The Morgan fingerprint density at radius 1 is 1.12 bits per heavy atom. The van der Waals surface area contributed by atoms with Gasteiger partial charge in [-0.3, -0.25) is 4.79 Å². The molecule has 24 heavy (non-hydrogen) atoms. The molecule has 0 radical (unpaired) electrons. The maximum atomic E-state index is 12.4. The van der Waals surface area contributed by atoms with Gasteiger partial charge < -0.3 is 14.2 Å². The predicted molar refractivity (Wildman–Crippen MR) is 90.4 cm³/mol. The van der Waals surface area contributed by atoms with Gasteiger partial charge in [-0.15, -0.1) is 0 Å². The van der Waals surface area contributed by atoms with Crippen LogP contribution in [-0.4, -0.2) is 51.6 Å². The summed E-state index contributed by atoms with van der Waals surface area (Å²) in [4.78, 5) is 22.9. The average Bonchev–Trinajstić information content (AvgIpc) is 3.05. The summed E-state index contributed by atoms with van der Waals surface area (Å²) in [7, 11) is 0. The molecular weight excluding hydrogens is 304 g/mol. The second-order valence-electron chi connectivity index (χ2n) is 5.78. The van der Waals surface area contributed by atoms with Gasteiger partial charge in [-0.2, -0.15) is 0 Å². The van der Waals surface area contributed by atoms with Crippen LogP contribution < -0.4 is 0 Å². The van der Waals surface area contributed by atoms with Gasteiger partial charge in [0.05, 0.1) is 13.2 Å². The molecule has 0 bridgehead atoms. The molecule has 6 heteroatoms. The van der Waals surface area contributed by atoms with E-state index in [0.29, 0.717) is 38.7 Å². The molecule has 0 unspecified atom stereocenters. The monoisotopic (exact) mass is 322 g/mol. The Labute approximate surface area is 139 Å². The number of amides is 1. The number of hydrogen-bond donors (Lipinski definition) is 0. The molecule has 3 aromatic rings. The van der Waals surface area contributed by atoms with Crippen LogP contribution in [0.15, 0.2) is 48.9 Å². The predicted octanol–water partition coefficient (Wildman–Crippen LogP) is 1.96. The molecule has 1 aliphatic rings. The molecule has 1 aliphatic heterocycles. The van der Waals surface area contributed by atoms with E-state index < -0.39 is 0 Å². The van der Waals surface area contributed by atoms with Gasteiger partial charge in [-0.1, -0.05) is 0 Å². The first-order chi connectivity index (χ1) is 11.8. The van der Waals surface area contributed by atoms with E-state index in [-0.39, 0.29) is 5.91 Å². The van der Waals surface area contributed by atoms with Crippen molar-refractivity contribution in [1.82, 2.24) is 19.4 Å². The Morgan fingerprint density at radius 3 is 2.71 bits per heavy atom. The summed E-state index contributed by atoms with van der Waals surface area (Å²) in [6.45, 7) is 2.95. The Balaban J connectivity index is 1.58. The van der Waals surface area contributed by atoms with Gasteiger partial charge in [0.25, 0.3) is 0 Å². The van der Waals surface area contributed by atoms with E-state index in [2.05, 4.69) is 16.0 Å². The number of nitrogens with zero attached hydrogens (tertiary/aromatic N) is 4. The highest BCUT2D eigenvalue weighted by Crippen LogP contribution is 2.23. The normalized spacial score (nSPS) is 14.9. The van der Waals surface area contributed by atoms with Gasteiger partial charge >= 0.3 is 0 Å². The second-order valence-corrected chi connectivity index (χ2v) is 5.78. The van der Waals surface area contributed by atoms with E-state index in [9.17, 15) is 4.79 Å². The number of fused-ring (bicyclic) bond motifs is 1. The molecule has 6 nitrogen and oxygen atoms in total. The summed E-state index contributed by atoms with van der Waals surface area (Å²) in [5.74, 6) is 0.836. The molecule has 0 N–H and O–H groups in total. The highest BCUT2D eigenvalue weighted by Gasteiger charge is 2.17. The lowest BCUT2D eigenvalue weighted by Gasteiger charge is -2.27. The largest absolute Gasteiger partial charge is 0.378 e. The molecular formula is C18H18N4O2. The van der Waals surface area contributed by atoms with E-state index in [4.69, 9.17) is 4.74 Å². The highest BCUT2D eigenvalue weighted by atomic mass is 16.5. The Bertz CT molecular complexity index is 854. The summed E-state index contributed by atoms with van der Waals surface area (Å²) < 4.78 is 7.29. The summed E-state index contributed by atoms with van der Waals surface area (Å²) in [6, 6.07) is 9.89. The van der Waals surface area contributed by atoms with Crippen LogP contribution in [0.1, 0.15) is 0 Å². The van der Waals surface area contributed by atoms with Crippen LogP contribution in [0.2, 0.25) is 0 Å². The Morgan fingerprint density at radius 2 is 1.92 bits per heavy atom. The third kappa shape index (κ3) is 2.88. The molecule has 4 rings (SSSR count). The maximum absolute atomic E-state index is 12.4. The van der Waals surface area contributed by atoms with Crippen LogP contribution in [0, 0.1) is 0 Å². The first-order valence-electron chi connectivity index (χ1n) is 8.03. The van der Waals surface area contributed by atoms with Gasteiger partial charge in [0.1, 0.15) is 6.54 Å². The van der Waals surface area contributed by atoms with Crippen LogP contribution in [0.3, 0.4) is 0 Å². The Kier molecular flexibility index (Phi) is 3.96. The summed E-state index contributed by atoms with van der Waals surface area (Å²) >= 11 is 0. The molecule has 1 fully saturated rings. The van der Waals surface area contributed by atoms with E-state index in [1.165, 1.54) is 0 Å². The molecule has 1 saturated heterocycles. The van der Waals surface area contributed by atoms with Crippen molar-refractivity contribution in [3.8, 4) is 11.4 Å².